The van der Waals surface area contributed by atoms with Gasteiger partial charge in [0.15, 0.2) is 0 Å². The van der Waals surface area contributed by atoms with Crippen LogP contribution in [0.1, 0.15) is 32.6 Å². The van der Waals surface area contributed by atoms with Gasteiger partial charge in [0.25, 0.3) is 5.91 Å². The van der Waals surface area contributed by atoms with Crippen LogP contribution < -0.4 is 5.32 Å². The van der Waals surface area contributed by atoms with E-state index in [2.05, 4.69) is 5.32 Å². The molecule has 0 radical (unpaired) electrons. The van der Waals surface area contributed by atoms with Crippen molar-refractivity contribution in [2.24, 2.45) is 5.92 Å². The van der Waals surface area contributed by atoms with Crippen LogP contribution in [0.3, 0.4) is 0 Å². The third kappa shape index (κ3) is 3.74. The molecule has 1 amide bonds. The summed E-state index contributed by atoms with van der Waals surface area (Å²) < 4.78 is 23.8. The first-order valence-electron chi connectivity index (χ1n) is 5.21. The first-order chi connectivity index (χ1) is 6.93. The van der Waals surface area contributed by atoms with Gasteiger partial charge in [0.05, 0.1) is 5.60 Å². The molecule has 1 aliphatic carbocycles. The van der Waals surface area contributed by atoms with Gasteiger partial charge in [-0.05, 0) is 18.8 Å². The minimum atomic E-state index is -3.00. The molecule has 2 N–H and O–H groups in total. The van der Waals surface area contributed by atoms with Crippen LogP contribution in [0.4, 0.5) is 8.78 Å². The normalized spacial score (nSPS) is 31.7. The van der Waals surface area contributed by atoms with Gasteiger partial charge >= 0.3 is 6.43 Å². The number of amides is 1. The fourth-order valence-corrected chi connectivity index (χ4v) is 2.12. The number of hydrogen-bond donors (Lipinski definition) is 2. The zero-order valence-electron chi connectivity index (χ0n) is 8.80. The molecule has 0 aromatic heterocycles. The third-order valence-electron chi connectivity index (χ3n) is 2.86. The molecular formula is C10H17F2NO2. The average molecular weight is 221 g/mol. The molecule has 1 fully saturated rings. The molecule has 88 valence electrons. The standard InChI is InChI=1S/C10H17F2NO2/c1-7-3-2-4-10(15,5-7)6-13-9(14)8(11)12/h7-8,15H,2-6H2,1H3,(H,13,14). The van der Waals surface area contributed by atoms with Crippen molar-refractivity contribution in [1.29, 1.82) is 0 Å². The number of hydrogen-bond acceptors (Lipinski definition) is 2. The summed E-state index contributed by atoms with van der Waals surface area (Å²) in [6.45, 7) is 1.94. The lowest BCUT2D eigenvalue weighted by atomic mass is 9.79. The van der Waals surface area contributed by atoms with Crippen molar-refractivity contribution < 1.29 is 18.7 Å². The number of nitrogens with one attached hydrogen (secondary N) is 1. The number of alkyl halides is 2. The summed E-state index contributed by atoms with van der Waals surface area (Å²) >= 11 is 0. The second kappa shape index (κ2) is 4.88. The van der Waals surface area contributed by atoms with Gasteiger partial charge in [0.1, 0.15) is 0 Å². The van der Waals surface area contributed by atoms with Gasteiger partial charge in [-0.25, -0.2) is 0 Å². The number of rotatable bonds is 3. The van der Waals surface area contributed by atoms with E-state index in [-0.39, 0.29) is 6.54 Å². The first-order valence-corrected chi connectivity index (χ1v) is 5.21. The molecule has 0 heterocycles. The van der Waals surface area contributed by atoms with E-state index in [9.17, 15) is 18.7 Å². The molecule has 0 aliphatic heterocycles. The molecule has 0 spiro atoms. The summed E-state index contributed by atoms with van der Waals surface area (Å²) in [5.41, 5.74) is -0.998. The van der Waals surface area contributed by atoms with Crippen LogP contribution in [-0.2, 0) is 4.79 Å². The summed E-state index contributed by atoms with van der Waals surface area (Å²) in [5, 5.41) is 12.1. The minimum absolute atomic E-state index is 0.0689. The number of aliphatic hydroxyl groups is 1. The van der Waals surface area contributed by atoms with Crippen LogP contribution in [0.5, 0.6) is 0 Å². The smallest absolute Gasteiger partial charge is 0.315 e. The maximum atomic E-state index is 11.9. The van der Waals surface area contributed by atoms with Crippen molar-refractivity contribution in [3.63, 3.8) is 0 Å². The molecular weight excluding hydrogens is 204 g/mol. The molecule has 15 heavy (non-hydrogen) atoms. The van der Waals surface area contributed by atoms with E-state index in [0.29, 0.717) is 18.8 Å². The highest BCUT2D eigenvalue weighted by Crippen LogP contribution is 2.31. The maximum Gasteiger partial charge on any atom is 0.315 e. The van der Waals surface area contributed by atoms with Crippen molar-refractivity contribution in [1.82, 2.24) is 5.32 Å². The molecule has 2 unspecified atom stereocenters. The van der Waals surface area contributed by atoms with E-state index in [0.717, 1.165) is 12.8 Å². The van der Waals surface area contributed by atoms with Crippen molar-refractivity contribution in [2.45, 2.75) is 44.6 Å². The second-order valence-corrected chi connectivity index (χ2v) is 4.44. The second-order valence-electron chi connectivity index (χ2n) is 4.44. The highest BCUT2D eigenvalue weighted by atomic mass is 19.3. The Bertz CT molecular complexity index is 235. The summed E-state index contributed by atoms with van der Waals surface area (Å²) in [5.74, 6) is -0.922. The Hall–Kier alpha value is -0.710. The van der Waals surface area contributed by atoms with Gasteiger partial charge in [-0.1, -0.05) is 19.8 Å². The van der Waals surface area contributed by atoms with E-state index < -0.39 is 17.9 Å². The Balaban J connectivity index is 2.39. The molecule has 3 nitrogen and oxygen atoms in total. The zero-order valence-corrected chi connectivity index (χ0v) is 8.80. The monoisotopic (exact) mass is 221 g/mol. The molecule has 5 heteroatoms. The predicted molar refractivity (Wildman–Crippen MR) is 51.6 cm³/mol. The molecule has 1 saturated carbocycles. The maximum absolute atomic E-state index is 11.9. The van der Waals surface area contributed by atoms with Gasteiger partial charge in [0.2, 0.25) is 0 Å². The quantitative estimate of drug-likeness (QED) is 0.755. The summed E-state index contributed by atoms with van der Waals surface area (Å²) in [6, 6.07) is 0. The fraction of sp³-hybridized carbons (Fsp3) is 0.900. The van der Waals surface area contributed by atoms with E-state index in [1.54, 1.807) is 0 Å². The Morgan fingerprint density at radius 2 is 2.33 bits per heavy atom. The summed E-state index contributed by atoms with van der Waals surface area (Å²) in [7, 11) is 0. The largest absolute Gasteiger partial charge is 0.388 e. The van der Waals surface area contributed by atoms with Gasteiger partial charge in [-0.15, -0.1) is 0 Å². The van der Waals surface area contributed by atoms with Crippen LogP contribution in [0, 0.1) is 5.92 Å². The molecule has 1 aliphatic rings. The predicted octanol–water partition coefficient (Wildman–Crippen LogP) is 1.31. The van der Waals surface area contributed by atoms with Crippen molar-refractivity contribution in [3.05, 3.63) is 0 Å². The molecule has 0 aromatic rings. The molecule has 1 rings (SSSR count). The van der Waals surface area contributed by atoms with Crippen LogP contribution in [0.2, 0.25) is 0 Å². The average Bonchev–Trinajstić information content (AvgIpc) is 2.13. The van der Waals surface area contributed by atoms with Crippen LogP contribution in [0.25, 0.3) is 0 Å². The van der Waals surface area contributed by atoms with Crippen molar-refractivity contribution in [3.8, 4) is 0 Å². The van der Waals surface area contributed by atoms with E-state index >= 15 is 0 Å². The highest BCUT2D eigenvalue weighted by molar-refractivity contribution is 5.79. The van der Waals surface area contributed by atoms with Gasteiger partial charge in [-0.2, -0.15) is 8.78 Å². The van der Waals surface area contributed by atoms with E-state index in [1.165, 1.54) is 0 Å². The van der Waals surface area contributed by atoms with E-state index in [4.69, 9.17) is 0 Å². The zero-order chi connectivity index (χ0) is 11.5. The Labute approximate surface area is 87.9 Å². The highest BCUT2D eigenvalue weighted by Gasteiger charge is 2.33. The van der Waals surface area contributed by atoms with Crippen LogP contribution >= 0.6 is 0 Å². The molecule has 0 aromatic carbocycles. The fourth-order valence-electron chi connectivity index (χ4n) is 2.12. The SMILES string of the molecule is CC1CCCC(O)(CNC(=O)C(F)F)C1. The Morgan fingerprint density at radius 3 is 2.87 bits per heavy atom. The van der Waals surface area contributed by atoms with Crippen LogP contribution in [0.15, 0.2) is 0 Å². The van der Waals surface area contributed by atoms with Crippen molar-refractivity contribution >= 4 is 5.91 Å². The molecule has 2 atom stereocenters. The van der Waals surface area contributed by atoms with Crippen LogP contribution in [-0.4, -0.2) is 29.6 Å². The number of halogens is 2. The van der Waals surface area contributed by atoms with Gasteiger partial charge < -0.3 is 10.4 Å². The van der Waals surface area contributed by atoms with Gasteiger partial charge in [0, 0.05) is 6.54 Å². The number of carbonyl (C=O) groups excluding carboxylic acids is 1. The Morgan fingerprint density at radius 1 is 1.67 bits per heavy atom. The third-order valence-corrected chi connectivity index (χ3v) is 2.86. The molecule has 0 bridgehead atoms. The Kier molecular flexibility index (Phi) is 4.02. The lowest BCUT2D eigenvalue weighted by Gasteiger charge is -2.35. The first kappa shape index (κ1) is 12.4. The topological polar surface area (TPSA) is 49.3 Å². The minimum Gasteiger partial charge on any atom is -0.388 e. The van der Waals surface area contributed by atoms with Crippen molar-refractivity contribution in [2.75, 3.05) is 6.54 Å². The van der Waals surface area contributed by atoms with E-state index in [1.807, 2.05) is 6.92 Å². The number of carbonyl (C=O) groups is 1. The molecule has 0 saturated heterocycles. The summed E-state index contributed by atoms with van der Waals surface area (Å²) in [6.07, 6.45) is 0.0552. The lowest BCUT2D eigenvalue weighted by Crippen LogP contribution is -2.47. The van der Waals surface area contributed by atoms with Gasteiger partial charge in [-0.3, -0.25) is 4.79 Å². The lowest BCUT2D eigenvalue weighted by molar-refractivity contribution is -0.133. The summed E-state index contributed by atoms with van der Waals surface area (Å²) in [4.78, 5) is 10.6.